The summed E-state index contributed by atoms with van der Waals surface area (Å²) in [5.41, 5.74) is 0.511. The van der Waals surface area contributed by atoms with E-state index in [2.05, 4.69) is 17.1 Å². The first-order valence-corrected chi connectivity index (χ1v) is 7.78. The Bertz CT molecular complexity index is 299. The predicted molar refractivity (Wildman–Crippen MR) is 76.1 cm³/mol. The minimum atomic E-state index is 0.164. The van der Waals surface area contributed by atoms with Gasteiger partial charge in [0.1, 0.15) is 0 Å². The van der Waals surface area contributed by atoms with Crippen LogP contribution in [0.4, 0.5) is 0 Å². The maximum Gasteiger partial charge on any atom is 0.234 e. The van der Waals surface area contributed by atoms with Crippen molar-refractivity contribution in [3.8, 4) is 0 Å². The highest BCUT2D eigenvalue weighted by Gasteiger charge is 2.41. The number of likely N-dealkylation sites (tertiary alicyclic amines) is 1. The molecule has 2 aliphatic rings. The molecule has 0 bridgehead atoms. The Morgan fingerprint density at radius 3 is 2.68 bits per heavy atom. The van der Waals surface area contributed by atoms with Crippen LogP contribution in [0.3, 0.4) is 0 Å². The molecule has 2 fully saturated rings. The van der Waals surface area contributed by atoms with E-state index < -0.39 is 0 Å². The summed E-state index contributed by atoms with van der Waals surface area (Å²) in [6.07, 6.45) is 6.72. The summed E-state index contributed by atoms with van der Waals surface area (Å²) < 4.78 is 5.78. The van der Waals surface area contributed by atoms with Crippen molar-refractivity contribution in [2.24, 2.45) is 5.41 Å². The Balaban J connectivity index is 1.75. The maximum atomic E-state index is 11.6. The van der Waals surface area contributed by atoms with Gasteiger partial charge in [-0.25, -0.2) is 0 Å². The van der Waals surface area contributed by atoms with Gasteiger partial charge in [-0.15, -0.1) is 0 Å². The Morgan fingerprint density at radius 1 is 1.32 bits per heavy atom. The average Bonchev–Trinajstić information content (AvgIpc) is 2.77. The van der Waals surface area contributed by atoms with Crippen LogP contribution in [0.1, 0.15) is 46.0 Å². The summed E-state index contributed by atoms with van der Waals surface area (Å²) in [4.78, 5) is 13.9. The van der Waals surface area contributed by atoms with Crippen molar-refractivity contribution in [1.82, 2.24) is 10.2 Å². The summed E-state index contributed by atoms with van der Waals surface area (Å²) in [5, 5.41) is 2.88. The van der Waals surface area contributed by atoms with Crippen molar-refractivity contribution < 1.29 is 9.53 Å². The second kappa shape index (κ2) is 6.71. The monoisotopic (exact) mass is 268 g/mol. The molecule has 19 heavy (non-hydrogen) atoms. The second-order valence-corrected chi connectivity index (χ2v) is 6.05. The zero-order chi connectivity index (χ0) is 13.7. The van der Waals surface area contributed by atoms with Gasteiger partial charge in [-0.05, 0) is 64.5 Å². The lowest BCUT2D eigenvalue weighted by atomic mass is 9.77. The summed E-state index contributed by atoms with van der Waals surface area (Å²) in [6, 6.07) is 0. The lowest BCUT2D eigenvalue weighted by Crippen LogP contribution is -2.44. The summed E-state index contributed by atoms with van der Waals surface area (Å²) >= 11 is 0. The minimum Gasteiger partial charge on any atom is -0.378 e. The van der Waals surface area contributed by atoms with Crippen LogP contribution >= 0.6 is 0 Å². The van der Waals surface area contributed by atoms with Crippen molar-refractivity contribution in [1.29, 1.82) is 0 Å². The molecule has 1 amide bonds. The van der Waals surface area contributed by atoms with Crippen molar-refractivity contribution in [3.05, 3.63) is 0 Å². The van der Waals surface area contributed by atoms with Crippen LogP contribution in [0.2, 0.25) is 0 Å². The van der Waals surface area contributed by atoms with Crippen molar-refractivity contribution in [3.63, 3.8) is 0 Å². The third kappa shape index (κ3) is 3.93. The van der Waals surface area contributed by atoms with Crippen LogP contribution in [-0.4, -0.2) is 49.7 Å². The second-order valence-electron chi connectivity index (χ2n) is 6.05. The number of nitrogens with zero attached hydrogens (tertiary/aromatic N) is 1. The van der Waals surface area contributed by atoms with Crippen molar-refractivity contribution in [2.45, 2.75) is 52.1 Å². The fourth-order valence-corrected chi connectivity index (χ4v) is 3.63. The normalized spacial score (nSPS) is 26.7. The number of carbonyl (C=O) groups excluding carboxylic acids is 1. The van der Waals surface area contributed by atoms with Crippen LogP contribution in [0.5, 0.6) is 0 Å². The van der Waals surface area contributed by atoms with E-state index in [9.17, 15) is 4.79 Å². The molecule has 1 saturated carbocycles. The fourth-order valence-electron chi connectivity index (χ4n) is 3.63. The minimum absolute atomic E-state index is 0.164. The number of rotatable bonds is 5. The summed E-state index contributed by atoms with van der Waals surface area (Å²) in [5.74, 6) is 0.164. The standard InChI is InChI=1S/C15H28N2O2/c1-3-16-14(18)12-17-9-7-15(8-10-17)6-5-13(11-15)19-4-2/h13H,3-12H2,1-2H3,(H,16,18). The molecule has 4 nitrogen and oxygen atoms in total. The van der Waals surface area contributed by atoms with Crippen LogP contribution in [0.25, 0.3) is 0 Å². The molecule has 1 heterocycles. The summed E-state index contributed by atoms with van der Waals surface area (Å²) in [7, 11) is 0. The van der Waals surface area contributed by atoms with Gasteiger partial charge in [0.15, 0.2) is 0 Å². The SMILES string of the molecule is CCNC(=O)CN1CCC2(CCC(OCC)C2)CC1. The number of likely N-dealkylation sites (N-methyl/N-ethyl adjacent to an activating group) is 1. The Morgan fingerprint density at radius 2 is 2.05 bits per heavy atom. The number of carbonyl (C=O) groups is 1. The molecule has 110 valence electrons. The van der Waals surface area contributed by atoms with E-state index in [0.717, 1.165) is 26.2 Å². The molecule has 2 rings (SSSR count). The molecule has 1 aliphatic heterocycles. The van der Waals surface area contributed by atoms with E-state index in [0.29, 0.717) is 18.1 Å². The van der Waals surface area contributed by atoms with Gasteiger partial charge in [0.25, 0.3) is 0 Å². The topological polar surface area (TPSA) is 41.6 Å². The highest BCUT2D eigenvalue weighted by atomic mass is 16.5. The first-order valence-electron chi connectivity index (χ1n) is 7.78. The van der Waals surface area contributed by atoms with Crippen LogP contribution in [0, 0.1) is 5.41 Å². The van der Waals surface area contributed by atoms with Gasteiger partial charge in [0.2, 0.25) is 5.91 Å². The van der Waals surface area contributed by atoms with Crippen LogP contribution in [-0.2, 0) is 9.53 Å². The van der Waals surface area contributed by atoms with Gasteiger partial charge < -0.3 is 10.1 Å². The Kier molecular flexibility index (Phi) is 5.22. The van der Waals surface area contributed by atoms with Gasteiger partial charge in [0.05, 0.1) is 12.6 Å². The fraction of sp³-hybridized carbons (Fsp3) is 0.933. The first kappa shape index (κ1) is 14.8. The van der Waals surface area contributed by atoms with E-state index in [-0.39, 0.29) is 5.91 Å². The number of amides is 1. The molecule has 0 aromatic heterocycles. The van der Waals surface area contributed by atoms with E-state index in [1.54, 1.807) is 0 Å². The highest BCUT2D eigenvalue weighted by molar-refractivity contribution is 5.77. The number of hydrogen-bond donors (Lipinski definition) is 1. The number of hydrogen-bond acceptors (Lipinski definition) is 3. The number of ether oxygens (including phenoxy) is 1. The van der Waals surface area contributed by atoms with E-state index >= 15 is 0 Å². The zero-order valence-corrected chi connectivity index (χ0v) is 12.4. The Labute approximate surface area is 116 Å². The molecule has 1 unspecified atom stereocenters. The predicted octanol–water partition coefficient (Wildman–Crippen LogP) is 1.79. The smallest absolute Gasteiger partial charge is 0.234 e. The summed E-state index contributed by atoms with van der Waals surface area (Å²) in [6.45, 7) is 8.32. The van der Waals surface area contributed by atoms with Crippen molar-refractivity contribution in [2.75, 3.05) is 32.8 Å². The molecular weight excluding hydrogens is 240 g/mol. The van der Waals surface area contributed by atoms with Gasteiger partial charge in [-0.1, -0.05) is 0 Å². The molecule has 0 radical (unpaired) electrons. The first-order chi connectivity index (χ1) is 9.17. The van der Waals surface area contributed by atoms with Gasteiger partial charge in [-0.2, -0.15) is 0 Å². The third-order valence-corrected chi connectivity index (χ3v) is 4.72. The van der Waals surface area contributed by atoms with E-state index in [1.165, 1.54) is 32.1 Å². The third-order valence-electron chi connectivity index (χ3n) is 4.72. The number of piperidine rings is 1. The molecule has 4 heteroatoms. The highest BCUT2D eigenvalue weighted by Crippen LogP contribution is 2.47. The molecule has 1 spiro atoms. The lowest BCUT2D eigenvalue weighted by molar-refractivity contribution is -0.122. The van der Waals surface area contributed by atoms with Gasteiger partial charge >= 0.3 is 0 Å². The largest absolute Gasteiger partial charge is 0.378 e. The Hall–Kier alpha value is -0.610. The van der Waals surface area contributed by atoms with Crippen LogP contribution in [0.15, 0.2) is 0 Å². The molecule has 1 atom stereocenters. The maximum absolute atomic E-state index is 11.6. The zero-order valence-electron chi connectivity index (χ0n) is 12.4. The van der Waals surface area contributed by atoms with Gasteiger partial charge in [0, 0.05) is 13.2 Å². The number of nitrogens with one attached hydrogen (secondary N) is 1. The van der Waals surface area contributed by atoms with Crippen molar-refractivity contribution >= 4 is 5.91 Å². The van der Waals surface area contributed by atoms with Crippen LogP contribution < -0.4 is 5.32 Å². The average molecular weight is 268 g/mol. The lowest BCUT2D eigenvalue weighted by Gasteiger charge is -2.39. The van der Waals surface area contributed by atoms with E-state index in [1.807, 2.05) is 6.92 Å². The molecule has 0 aromatic carbocycles. The molecule has 1 saturated heterocycles. The molecule has 1 N–H and O–H groups in total. The molecule has 1 aliphatic carbocycles. The molecular formula is C15H28N2O2. The molecule has 0 aromatic rings. The van der Waals surface area contributed by atoms with Gasteiger partial charge in [-0.3, -0.25) is 9.69 Å². The quantitative estimate of drug-likeness (QED) is 0.826. The van der Waals surface area contributed by atoms with E-state index in [4.69, 9.17) is 4.74 Å².